The van der Waals surface area contributed by atoms with Crippen molar-refractivity contribution in [2.24, 2.45) is 28.7 Å². The predicted molar refractivity (Wildman–Crippen MR) is 144 cm³/mol. The molecule has 0 aromatic heterocycles. The Balaban J connectivity index is 1.30. The van der Waals surface area contributed by atoms with Crippen LogP contribution >= 0.6 is 0 Å². The molecule has 3 heteroatoms. The van der Waals surface area contributed by atoms with Gasteiger partial charge in [-0.2, -0.15) is 0 Å². The lowest BCUT2D eigenvalue weighted by atomic mass is 9.70. The largest absolute Gasteiger partial charge is 0.358 e. The van der Waals surface area contributed by atoms with Crippen LogP contribution < -0.4 is 0 Å². The number of amidine groups is 1. The van der Waals surface area contributed by atoms with Crippen LogP contribution in [0.3, 0.4) is 0 Å². The smallest absolute Gasteiger partial charge is 0.120 e. The van der Waals surface area contributed by atoms with Crippen LogP contribution in [0, 0.1) is 23.7 Å². The van der Waals surface area contributed by atoms with Gasteiger partial charge in [-0.05, 0) is 91.8 Å². The summed E-state index contributed by atoms with van der Waals surface area (Å²) < 4.78 is 0. The standard InChI is InChI=1S/C31H46N2O/c1-3-6-24-12-14-27(15-13-24)28-16-18-29(19-17-28)30-22-32-31(33(2)23-30)21-26-8-4-7-25(10-11-26)9-5-20-34/h8,10-11,18,20,22,24-25,27-28H,3-7,9,12-17,19,21,23H2,1-2H3. The molecule has 1 saturated carbocycles. The Morgan fingerprint density at radius 3 is 2.59 bits per heavy atom. The van der Waals surface area contributed by atoms with Crippen molar-refractivity contribution in [1.29, 1.82) is 0 Å². The highest BCUT2D eigenvalue weighted by Gasteiger charge is 2.29. The van der Waals surface area contributed by atoms with Crippen molar-refractivity contribution in [2.75, 3.05) is 13.6 Å². The first-order valence-electron chi connectivity index (χ1n) is 14.1. The Kier molecular flexibility index (Phi) is 9.41. The average Bonchev–Trinajstić information content (AvgIpc) is 3.10. The summed E-state index contributed by atoms with van der Waals surface area (Å²) in [7, 11) is 2.20. The van der Waals surface area contributed by atoms with Crippen LogP contribution in [0.4, 0.5) is 0 Å². The monoisotopic (exact) mass is 462 g/mol. The maximum atomic E-state index is 10.7. The van der Waals surface area contributed by atoms with Gasteiger partial charge in [-0.3, -0.25) is 0 Å². The van der Waals surface area contributed by atoms with Crippen molar-refractivity contribution in [2.45, 2.75) is 96.8 Å². The second kappa shape index (κ2) is 12.7. The minimum atomic E-state index is 0.532. The van der Waals surface area contributed by atoms with Gasteiger partial charge in [-0.1, -0.05) is 56.9 Å². The molecule has 2 unspecified atom stereocenters. The molecule has 4 rings (SSSR count). The van der Waals surface area contributed by atoms with Crippen LogP contribution in [0.15, 0.2) is 52.2 Å². The molecule has 3 nitrogen and oxygen atoms in total. The molecule has 186 valence electrons. The molecule has 1 aliphatic heterocycles. The van der Waals surface area contributed by atoms with E-state index in [2.05, 4.69) is 49.4 Å². The summed E-state index contributed by atoms with van der Waals surface area (Å²) in [6.07, 6.45) is 30.1. The number of hydrogen-bond donors (Lipinski definition) is 0. The van der Waals surface area contributed by atoms with E-state index in [1.165, 1.54) is 74.8 Å². The van der Waals surface area contributed by atoms with Gasteiger partial charge in [0.2, 0.25) is 0 Å². The van der Waals surface area contributed by atoms with Gasteiger partial charge in [0.1, 0.15) is 12.1 Å². The lowest BCUT2D eigenvalue weighted by Crippen LogP contribution is -2.32. The fraction of sp³-hybridized carbons (Fsp3) is 0.677. The SMILES string of the molecule is CCCC1CCC(C2CC=C(C3=CN=C(CC4=CCCC(CCC=O)C=C4)N(C)C3)CC2)CC1. The van der Waals surface area contributed by atoms with Gasteiger partial charge in [0.05, 0.1) is 0 Å². The molecule has 3 aliphatic carbocycles. The molecular weight excluding hydrogens is 416 g/mol. The van der Waals surface area contributed by atoms with Crippen molar-refractivity contribution < 1.29 is 4.79 Å². The summed E-state index contributed by atoms with van der Waals surface area (Å²) in [6, 6.07) is 0. The van der Waals surface area contributed by atoms with E-state index in [-0.39, 0.29) is 0 Å². The molecule has 0 bridgehead atoms. The number of allylic oxidation sites excluding steroid dienone is 4. The highest BCUT2D eigenvalue weighted by molar-refractivity contribution is 5.86. The topological polar surface area (TPSA) is 32.7 Å². The van der Waals surface area contributed by atoms with Gasteiger partial charge in [0.15, 0.2) is 0 Å². The lowest BCUT2D eigenvalue weighted by Gasteiger charge is -2.36. The molecule has 0 saturated heterocycles. The summed E-state index contributed by atoms with van der Waals surface area (Å²) >= 11 is 0. The number of hydrogen-bond acceptors (Lipinski definition) is 3. The fourth-order valence-electron chi connectivity index (χ4n) is 6.68. The molecule has 1 heterocycles. The molecule has 0 aromatic carbocycles. The van der Waals surface area contributed by atoms with E-state index in [1.807, 2.05) is 0 Å². The number of aldehydes is 1. The minimum absolute atomic E-state index is 0.532. The van der Waals surface area contributed by atoms with E-state index in [0.717, 1.165) is 56.3 Å². The highest BCUT2D eigenvalue weighted by atomic mass is 16.1. The van der Waals surface area contributed by atoms with Crippen LogP contribution in [-0.4, -0.2) is 30.6 Å². The zero-order valence-electron chi connectivity index (χ0n) is 21.7. The summed E-state index contributed by atoms with van der Waals surface area (Å²) in [5, 5.41) is 0. The maximum Gasteiger partial charge on any atom is 0.120 e. The molecule has 4 aliphatic rings. The maximum absolute atomic E-state index is 10.7. The van der Waals surface area contributed by atoms with Crippen molar-refractivity contribution in [3.05, 3.63) is 47.2 Å². The van der Waals surface area contributed by atoms with Crippen LogP contribution in [0.2, 0.25) is 0 Å². The van der Waals surface area contributed by atoms with E-state index in [0.29, 0.717) is 12.3 Å². The molecule has 34 heavy (non-hydrogen) atoms. The lowest BCUT2D eigenvalue weighted by molar-refractivity contribution is -0.108. The third-order valence-electron chi connectivity index (χ3n) is 8.88. The molecule has 2 atom stereocenters. The third kappa shape index (κ3) is 6.83. The van der Waals surface area contributed by atoms with Crippen LogP contribution in [0.5, 0.6) is 0 Å². The number of likely N-dealkylation sites (N-methyl/N-ethyl adjacent to an activating group) is 1. The normalized spacial score (nSPS) is 30.1. The quantitative estimate of drug-likeness (QED) is 0.327. The van der Waals surface area contributed by atoms with E-state index in [9.17, 15) is 4.79 Å². The molecule has 0 aromatic rings. The van der Waals surface area contributed by atoms with Gasteiger partial charge in [0, 0.05) is 32.6 Å². The van der Waals surface area contributed by atoms with Crippen molar-refractivity contribution >= 4 is 12.1 Å². The van der Waals surface area contributed by atoms with Gasteiger partial charge >= 0.3 is 0 Å². The first-order valence-corrected chi connectivity index (χ1v) is 14.1. The predicted octanol–water partition coefficient (Wildman–Crippen LogP) is 7.81. The Hall–Kier alpha value is -1.90. The highest BCUT2D eigenvalue weighted by Crippen LogP contribution is 2.41. The first-order chi connectivity index (χ1) is 16.7. The molecule has 0 spiro atoms. The summed E-state index contributed by atoms with van der Waals surface area (Å²) in [5.41, 5.74) is 4.34. The fourth-order valence-corrected chi connectivity index (χ4v) is 6.68. The molecule has 0 N–H and O–H groups in total. The van der Waals surface area contributed by atoms with Gasteiger partial charge in [-0.25, -0.2) is 4.99 Å². The zero-order valence-corrected chi connectivity index (χ0v) is 21.7. The van der Waals surface area contributed by atoms with E-state index in [4.69, 9.17) is 4.99 Å². The number of carbonyl (C=O) groups excluding carboxylic acids is 1. The second-order valence-corrected chi connectivity index (χ2v) is 11.3. The Morgan fingerprint density at radius 1 is 1.03 bits per heavy atom. The average molecular weight is 463 g/mol. The molecule has 0 radical (unpaired) electrons. The summed E-state index contributed by atoms with van der Waals surface area (Å²) in [5.74, 6) is 4.60. The molecule has 0 amide bonds. The van der Waals surface area contributed by atoms with Gasteiger partial charge in [-0.15, -0.1) is 0 Å². The first kappa shape index (κ1) is 25.2. The number of nitrogens with zero attached hydrogens (tertiary/aromatic N) is 2. The van der Waals surface area contributed by atoms with Crippen molar-refractivity contribution in [3.8, 4) is 0 Å². The summed E-state index contributed by atoms with van der Waals surface area (Å²) in [4.78, 5) is 18.0. The Morgan fingerprint density at radius 2 is 1.88 bits per heavy atom. The Bertz CT molecular complexity index is 837. The summed E-state index contributed by atoms with van der Waals surface area (Å²) in [6.45, 7) is 3.32. The van der Waals surface area contributed by atoms with E-state index < -0.39 is 0 Å². The minimum Gasteiger partial charge on any atom is -0.358 e. The van der Waals surface area contributed by atoms with E-state index >= 15 is 0 Å². The zero-order chi connectivity index (χ0) is 23.8. The van der Waals surface area contributed by atoms with Crippen LogP contribution in [0.1, 0.15) is 96.8 Å². The third-order valence-corrected chi connectivity index (χ3v) is 8.88. The number of aliphatic imine (C=N–C) groups is 1. The number of carbonyl (C=O) groups is 1. The van der Waals surface area contributed by atoms with Crippen LogP contribution in [-0.2, 0) is 4.79 Å². The second-order valence-electron chi connectivity index (χ2n) is 11.3. The number of rotatable bonds is 9. The van der Waals surface area contributed by atoms with Gasteiger partial charge < -0.3 is 9.69 Å². The van der Waals surface area contributed by atoms with Crippen molar-refractivity contribution in [1.82, 2.24) is 4.90 Å². The van der Waals surface area contributed by atoms with E-state index in [1.54, 1.807) is 5.57 Å². The molecule has 1 fully saturated rings. The van der Waals surface area contributed by atoms with Gasteiger partial charge in [0.25, 0.3) is 0 Å². The Labute approximate surface area is 208 Å². The van der Waals surface area contributed by atoms with Crippen molar-refractivity contribution in [3.63, 3.8) is 0 Å². The van der Waals surface area contributed by atoms with Crippen LogP contribution in [0.25, 0.3) is 0 Å². The molecular formula is C31H46N2O.